The van der Waals surface area contributed by atoms with Gasteiger partial charge >= 0.3 is 0 Å². The molecule has 2 aromatic heterocycles. The molecule has 0 fully saturated rings. The zero-order valence-corrected chi connectivity index (χ0v) is 11.4. The van der Waals surface area contributed by atoms with Crippen molar-refractivity contribution in [3.05, 3.63) is 40.1 Å². The summed E-state index contributed by atoms with van der Waals surface area (Å²) in [6.45, 7) is 5.26. The molecule has 2 aromatic rings. The lowest BCUT2D eigenvalue weighted by atomic mass is 10.3. The molecule has 4 heteroatoms. The second-order valence-corrected chi connectivity index (χ2v) is 5.47. The van der Waals surface area contributed by atoms with Crippen molar-refractivity contribution in [2.75, 3.05) is 0 Å². The highest BCUT2D eigenvalue weighted by Crippen LogP contribution is 2.18. The van der Waals surface area contributed by atoms with E-state index >= 15 is 0 Å². The Morgan fingerprint density at radius 3 is 2.76 bits per heavy atom. The summed E-state index contributed by atoms with van der Waals surface area (Å²) >= 11 is 1.89. The second-order valence-electron chi connectivity index (χ2n) is 4.22. The van der Waals surface area contributed by atoms with Crippen LogP contribution in [-0.2, 0) is 20.0 Å². The Balaban J connectivity index is 1.92. The number of thiophene rings is 1. The van der Waals surface area contributed by atoms with Gasteiger partial charge in [0.2, 0.25) is 0 Å². The van der Waals surface area contributed by atoms with E-state index in [1.54, 1.807) is 0 Å². The van der Waals surface area contributed by atoms with E-state index < -0.39 is 0 Å². The fourth-order valence-electron chi connectivity index (χ4n) is 1.85. The van der Waals surface area contributed by atoms with Gasteiger partial charge in [-0.3, -0.25) is 0 Å². The molecule has 0 aromatic carbocycles. The molecule has 0 saturated heterocycles. The minimum absolute atomic E-state index is 0.280. The Morgan fingerprint density at radius 1 is 1.41 bits per heavy atom. The van der Waals surface area contributed by atoms with Gasteiger partial charge in [-0.1, -0.05) is 6.92 Å². The molecule has 92 valence electrons. The van der Waals surface area contributed by atoms with Crippen LogP contribution < -0.4 is 5.32 Å². The van der Waals surface area contributed by atoms with Gasteiger partial charge in [-0.05, 0) is 25.5 Å². The summed E-state index contributed by atoms with van der Waals surface area (Å²) in [7, 11) is 2.03. The molecule has 0 aliphatic rings. The Morgan fingerprint density at radius 2 is 2.18 bits per heavy atom. The number of aromatic nitrogens is 2. The van der Waals surface area contributed by atoms with Crippen molar-refractivity contribution in [1.29, 1.82) is 0 Å². The molecular weight excluding hydrogens is 230 g/mol. The predicted molar refractivity (Wildman–Crippen MR) is 72.2 cm³/mol. The standard InChI is InChI=1S/C13H19N3S/c1-4-11-5-6-12(17-11)9-15-10(2)13-14-7-8-16(13)3/h5-8,10,15H,4,9H2,1-3H3. The molecule has 17 heavy (non-hydrogen) atoms. The molecule has 2 rings (SSSR count). The van der Waals surface area contributed by atoms with Crippen LogP contribution in [0, 0.1) is 0 Å². The Kier molecular flexibility index (Phi) is 3.97. The van der Waals surface area contributed by atoms with Gasteiger partial charge in [0.1, 0.15) is 5.82 Å². The molecule has 1 unspecified atom stereocenters. The first kappa shape index (κ1) is 12.3. The smallest absolute Gasteiger partial charge is 0.125 e. The van der Waals surface area contributed by atoms with E-state index in [4.69, 9.17) is 0 Å². The van der Waals surface area contributed by atoms with Gasteiger partial charge in [0, 0.05) is 35.7 Å². The number of hydrogen-bond donors (Lipinski definition) is 1. The first-order valence-corrected chi connectivity index (χ1v) is 6.80. The highest BCUT2D eigenvalue weighted by atomic mass is 32.1. The average molecular weight is 249 g/mol. The van der Waals surface area contributed by atoms with Crippen molar-refractivity contribution in [3.8, 4) is 0 Å². The third kappa shape index (κ3) is 2.96. The summed E-state index contributed by atoms with van der Waals surface area (Å²) < 4.78 is 2.06. The van der Waals surface area contributed by atoms with E-state index in [1.165, 1.54) is 9.75 Å². The maximum absolute atomic E-state index is 4.35. The predicted octanol–water partition coefficient (Wildman–Crippen LogP) is 2.89. The van der Waals surface area contributed by atoms with Crippen LogP contribution in [0.5, 0.6) is 0 Å². The van der Waals surface area contributed by atoms with E-state index in [-0.39, 0.29) is 6.04 Å². The van der Waals surface area contributed by atoms with E-state index in [0.717, 1.165) is 18.8 Å². The van der Waals surface area contributed by atoms with Crippen molar-refractivity contribution in [3.63, 3.8) is 0 Å². The van der Waals surface area contributed by atoms with Crippen LogP contribution in [0.3, 0.4) is 0 Å². The lowest BCUT2D eigenvalue weighted by Gasteiger charge is -2.12. The lowest BCUT2D eigenvalue weighted by Crippen LogP contribution is -2.20. The summed E-state index contributed by atoms with van der Waals surface area (Å²) in [4.78, 5) is 7.20. The van der Waals surface area contributed by atoms with Crippen molar-refractivity contribution in [2.45, 2.75) is 32.9 Å². The van der Waals surface area contributed by atoms with Crippen LogP contribution in [0.2, 0.25) is 0 Å². The maximum Gasteiger partial charge on any atom is 0.125 e. The first-order chi connectivity index (χ1) is 8.20. The fraction of sp³-hybridized carbons (Fsp3) is 0.462. The lowest BCUT2D eigenvalue weighted by molar-refractivity contribution is 0.533. The fourth-order valence-corrected chi connectivity index (χ4v) is 2.76. The highest BCUT2D eigenvalue weighted by molar-refractivity contribution is 7.11. The Labute approximate surface area is 107 Å². The van der Waals surface area contributed by atoms with E-state index in [9.17, 15) is 0 Å². The summed E-state index contributed by atoms with van der Waals surface area (Å²) in [5, 5.41) is 3.51. The van der Waals surface area contributed by atoms with Crippen LogP contribution >= 0.6 is 11.3 Å². The molecule has 0 aliphatic carbocycles. The van der Waals surface area contributed by atoms with Gasteiger partial charge < -0.3 is 9.88 Å². The van der Waals surface area contributed by atoms with Crippen molar-refractivity contribution in [1.82, 2.24) is 14.9 Å². The van der Waals surface area contributed by atoms with Crippen molar-refractivity contribution in [2.24, 2.45) is 7.05 Å². The zero-order chi connectivity index (χ0) is 12.3. The molecule has 0 saturated carbocycles. The quantitative estimate of drug-likeness (QED) is 0.883. The number of imidazole rings is 1. The van der Waals surface area contributed by atoms with Crippen molar-refractivity contribution >= 4 is 11.3 Å². The summed E-state index contributed by atoms with van der Waals surface area (Å²) in [5.41, 5.74) is 0. The Bertz CT molecular complexity index is 472. The molecule has 0 aliphatic heterocycles. The molecule has 1 atom stereocenters. The minimum Gasteiger partial charge on any atom is -0.337 e. The molecule has 0 bridgehead atoms. The molecule has 2 heterocycles. The summed E-state index contributed by atoms with van der Waals surface area (Å²) in [5.74, 6) is 1.08. The number of nitrogens with one attached hydrogen (secondary N) is 1. The molecule has 3 nitrogen and oxygen atoms in total. The molecule has 0 spiro atoms. The summed E-state index contributed by atoms with van der Waals surface area (Å²) in [6.07, 6.45) is 4.95. The number of nitrogens with zero attached hydrogens (tertiary/aromatic N) is 2. The average Bonchev–Trinajstić information content (AvgIpc) is 2.94. The normalized spacial score (nSPS) is 12.9. The van der Waals surface area contributed by atoms with E-state index in [2.05, 4.69) is 40.8 Å². The summed E-state index contributed by atoms with van der Waals surface area (Å²) in [6, 6.07) is 4.71. The highest BCUT2D eigenvalue weighted by Gasteiger charge is 2.09. The zero-order valence-electron chi connectivity index (χ0n) is 10.6. The van der Waals surface area contributed by atoms with Crippen LogP contribution in [-0.4, -0.2) is 9.55 Å². The minimum atomic E-state index is 0.280. The van der Waals surface area contributed by atoms with Crippen molar-refractivity contribution < 1.29 is 0 Å². The van der Waals surface area contributed by atoms with Gasteiger partial charge in [-0.15, -0.1) is 11.3 Å². The topological polar surface area (TPSA) is 29.9 Å². The number of aryl methyl sites for hydroxylation is 2. The molecule has 0 amide bonds. The number of rotatable bonds is 5. The molecule has 1 N–H and O–H groups in total. The van der Waals surface area contributed by atoms with E-state index in [1.807, 2.05) is 30.8 Å². The van der Waals surface area contributed by atoms with Crippen LogP contribution in [0.1, 0.15) is 35.5 Å². The maximum atomic E-state index is 4.35. The van der Waals surface area contributed by atoms with Crippen LogP contribution in [0.25, 0.3) is 0 Å². The third-order valence-corrected chi connectivity index (χ3v) is 4.12. The Hall–Kier alpha value is -1.13. The van der Waals surface area contributed by atoms with Gasteiger partial charge in [0.25, 0.3) is 0 Å². The van der Waals surface area contributed by atoms with Crippen LogP contribution in [0.4, 0.5) is 0 Å². The van der Waals surface area contributed by atoms with E-state index in [0.29, 0.717) is 0 Å². The van der Waals surface area contributed by atoms with Gasteiger partial charge in [-0.25, -0.2) is 4.98 Å². The third-order valence-electron chi connectivity index (χ3n) is 2.89. The largest absolute Gasteiger partial charge is 0.337 e. The van der Waals surface area contributed by atoms with Gasteiger partial charge in [-0.2, -0.15) is 0 Å². The van der Waals surface area contributed by atoms with Gasteiger partial charge in [0.05, 0.1) is 6.04 Å². The molecular formula is C13H19N3S. The van der Waals surface area contributed by atoms with Gasteiger partial charge in [0.15, 0.2) is 0 Å². The first-order valence-electron chi connectivity index (χ1n) is 5.99. The SMILES string of the molecule is CCc1ccc(CNC(C)c2nccn2C)s1. The molecule has 0 radical (unpaired) electrons. The second kappa shape index (κ2) is 5.47. The monoisotopic (exact) mass is 249 g/mol. The van der Waals surface area contributed by atoms with Crippen LogP contribution in [0.15, 0.2) is 24.5 Å². The number of hydrogen-bond acceptors (Lipinski definition) is 3.